The average Bonchev–Trinajstić information content (AvgIpc) is 3.55. The number of nitrogens with zero attached hydrogens (tertiary/aromatic N) is 3. The normalized spacial score (nSPS) is 12.4. The van der Waals surface area contributed by atoms with Gasteiger partial charge in [0.1, 0.15) is 11.6 Å². The monoisotopic (exact) mass is 517 g/mol. The number of rotatable bonds is 11. The van der Waals surface area contributed by atoms with E-state index in [0.29, 0.717) is 0 Å². The third-order valence-electron chi connectivity index (χ3n) is 6.59. The average molecular weight is 518 g/mol. The molecule has 0 atom stereocenters. The van der Waals surface area contributed by atoms with Crippen LogP contribution in [0.3, 0.4) is 0 Å². The standard InChI is InChI=1S/C30H32FN3O2S/c1-3-4-15-34-26(17-32-30(34)23-10-12-25(31)13-11-23)20-33(19-24-7-5-6-8-29(24)37-2)18-22-9-14-27-28(16-22)36-21-35-27/h5-14,16-17H,3-4,15,18-21H2,1-2H3. The van der Waals surface area contributed by atoms with Crippen LogP contribution in [0.15, 0.2) is 77.8 Å². The quantitative estimate of drug-likeness (QED) is 0.198. The summed E-state index contributed by atoms with van der Waals surface area (Å²) in [5.74, 6) is 2.24. The smallest absolute Gasteiger partial charge is 0.231 e. The summed E-state index contributed by atoms with van der Waals surface area (Å²) in [5.41, 5.74) is 4.55. The molecule has 37 heavy (non-hydrogen) atoms. The molecule has 0 spiro atoms. The van der Waals surface area contributed by atoms with Gasteiger partial charge in [0.25, 0.3) is 0 Å². The Morgan fingerprint density at radius 1 is 0.973 bits per heavy atom. The lowest BCUT2D eigenvalue weighted by molar-refractivity contribution is 0.174. The van der Waals surface area contributed by atoms with Gasteiger partial charge in [0, 0.05) is 36.6 Å². The Bertz CT molecular complexity index is 1340. The summed E-state index contributed by atoms with van der Waals surface area (Å²) in [5, 5.41) is 0. The first-order valence-corrected chi connectivity index (χ1v) is 13.9. The Balaban J connectivity index is 1.47. The molecule has 0 saturated heterocycles. The SMILES string of the molecule is CCCCn1c(CN(Cc2ccc3c(c2)OCO3)Cc2ccccc2SC)cnc1-c1ccc(F)cc1. The van der Waals surface area contributed by atoms with E-state index in [2.05, 4.69) is 59.0 Å². The number of unbranched alkanes of at least 4 members (excludes halogenated alkanes) is 1. The first-order chi connectivity index (χ1) is 18.1. The van der Waals surface area contributed by atoms with Crippen molar-refractivity contribution in [1.82, 2.24) is 14.5 Å². The summed E-state index contributed by atoms with van der Waals surface area (Å²) >= 11 is 1.77. The minimum atomic E-state index is -0.238. The molecule has 0 saturated carbocycles. The first kappa shape index (κ1) is 25.4. The van der Waals surface area contributed by atoms with Crippen LogP contribution in [0.25, 0.3) is 11.4 Å². The van der Waals surface area contributed by atoms with Gasteiger partial charge >= 0.3 is 0 Å². The van der Waals surface area contributed by atoms with E-state index in [1.807, 2.05) is 24.4 Å². The zero-order valence-corrected chi connectivity index (χ0v) is 22.1. The largest absolute Gasteiger partial charge is 0.454 e. The van der Waals surface area contributed by atoms with Gasteiger partial charge in [-0.25, -0.2) is 9.37 Å². The maximum Gasteiger partial charge on any atom is 0.231 e. The van der Waals surface area contributed by atoms with Crippen LogP contribution in [-0.4, -0.2) is 27.5 Å². The number of halogens is 1. The van der Waals surface area contributed by atoms with E-state index in [1.54, 1.807) is 11.8 Å². The fourth-order valence-corrected chi connectivity index (χ4v) is 5.31. The molecule has 192 valence electrons. The number of benzene rings is 3. The molecule has 2 heterocycles. The van der Waals surface area contributed by atoms with Crippen molar-refractivity contribution in [2.75, 3.05) is 13.0 Å². The highest BCUT2D eigenvalue weighted by atomic mass is 32.2. The van der Waals surface area contributed by atoms with E-state index in [9.17, 15) is 4.39 Å². The van der Waals surface area contributed by atoms with E-state index in [-0.39, 0.29) is 12.6 Å². The molecule has 5 rings (SSSR count). The van der Waals surface area contributed by atoms with Crippen LogP contribution >= 0.6 is 11.8 Å². The molecule has 0 bridgehead atoms. The van der Waals surface area contributed by atoms with E-state index >= 15 is 0 Å². The van der Waals surface area contributed by atoms with E-state index in [0.717, 1.165) is 67.6 Å². The topological polar surface area (TPSA) is 39.5 Å². The van der Waals surface area contributed by atoms with Crippen LogP contribution in [0.1, 0.15) is 36.6 Å². The number of thioether (sulfide) groups is 1. The second-order valence-electron chi connectivity index (χ2n) is 9.23. The Kier molecular flexibility index (Phi) is 8.12. The van der Waals surface area contributed by atoms with Gasteiger partial charge in [-0.05, 0) is 66.3 Å². The van der Waals surface area contributed by atoms with Crippen molar-refractivity contribution in [1.29, 1.82) is 0 Å². The minimum absolute atomic E-state index is 0.238. The van der Waals surface area contributed by atoms with Gasteiger partial charge in [0.15, 0.2) is 11.5 Å². The molecule has 0 unspecified atom stereocenters. The molecule has 0 N–H and O–H groups in total. The molecular formula is C30H32FN3O2S. The molecule has 1 aromatic heterocycles. The molecule has 1 aliphatic heterocycles. The van der Waals surface area contributed by atoms with Crippen LogP contribution in [0.5, 0.6) is 11.5 Å². The molecule has 5 nitrogen and oxygen atoms in total. The van der Waals surface area contributed by atoms with Crippen LogP contribution in [0, 0.1) is 5.82 Å². The van der Waals surface area contributed by atoms with Crippen LogP contribution < -0.4 is 9.47 Å². The van der Waals surface area contributed by atoms with Gasteiger partial charge in [-0.2, -0.15) is 0 Å². The number of imidazole rings is 1. The number of hydrogen-bond acceptors (Lipinski definition) is 5. The summed E-state index contributed by atoms with van der Waals surface area (Å²) in [6.07, 6.45) is 6.23. The summed E-state index contributed by atoms with van der Waals surface area (Å²) in [7, 11) is 0. The van der Waals surface area contributed by atoms with E-state index in [1.165, 1.54) is 28.2 Å². The summed E-state index contributed by atoms with van der Waals surface area (Å²) in [6, 6.07) is 21.4. The fourth-order valence-electron chi connectivity index (χ4n) is 4.70. The van der Waals surface area contributed by atoms with Gasteiger partial charge in [-0.3, -0.25) is 4.90 Å². The highest BCUT2D eigenvalue weighted by molar-refractivity contribution is 7.98. The summed E-state index contributed by atoms with van der Waals surface area (Å²) in [6.45, 7) is 5.62. The molecule has 0 amide bonds. The predicted molar refractivity (Wildman–Crippen MR) is 146 cm³/mol. The predicted octanol–water partition coefficient (Wildman–Crippen LogP) is 7.14. The lowest BCUT2D eigenvalue weighted by atomic mass is 10.1. The maximum absolute atomic E-state index is 13.6. The number of fused-ring (bicyclic) bond motifs is 1. The van der Waals surface area contributed by atoms with Crippen molar-refractivity contribution in [3.63, 3.8) is 0 Å². The third-order valence-corrected chi connectivity index (χ3v) is 7.43. The Morgan fingerprint density at radius 3 is 2.59 bits per heavy atom. The number of aromatic nitrogens is 2. The van der Waals surface area contributed by atoms with Crippen LogP contribution in [0.4, 0.5) is 4.39 Å². The Hall–Kier alpha value is -3.29. The number of ether oxygens (including phenoxy) is 2. The van der Waals surface area contributed by atoms with Crippen LogP contribution in [-0.2, 0) is 26.2 Å². The first-order valence-electron chi connectivity index (χ1n) is 12.7. The van der Waals surface area contributed by atoms with Gasteiger partial charge in [0.05, 0.1) is 11.9 Å². The Labute approximate surface area is 222 Å². The third kappa shape index (κ3) is 6.00. The zero-order valence-electron chi connectivity index (χ0n) is 21.3. The zero-order chi connectivity index (χ0) is 25.6. The highest BCUT2D eigenvalue weighted by Gasteiger charge is 2.19. The molecule has 7 heteroatoms. The highest BCUT2D eigenvalue weighted by Crippen LogP contribution is 2.33. The van der Waals surface area contributed by atoms with E-state index < -0.39 is 0 Å². The molecule has 0 fully saturated rings. The Morgan fingerprint density at radius 2 is 1.78 bits per heavy atom. The minimum Gasteiger partial charge on any atom is -0.454 e. The lowest BCUT2D eigenvalue weighted by Gasteiger charge is -2.25. The molecule has 0 radical (unpaired) electrons. The molecule has 4 aromatic rings. The second-order valence-corrected chi connectivity index (χ2v) is 10.1. The summed E-state index contributed by atoms with van der Waals surface area (Å²) in [4.78, 5) is 8.52. The van der Waals surface area contributed by atoms with Crippen molar-refractivity contribution in [3.05, 3.63) is 95.6 Å². The molecule has 3 aromatic carbocycles. The van der Waals surface area contributed by atoms with Gasteiger partial charge in [-0.15, -0.1) is 11.8 Å². The van der Waals surface area contributed by atoms with Crippen molar-refractivity contribution >= 4 is 11.8 Å². The number of hydrogen-bond donors (Lipinski definition) is 0. The lowest BCUT2D eigenvalue weighted by Crippen LogP contribution is -2.24. The van der Waals surface area contributed by atoms with Gasteiger partial charge < -0.3 is 14.0 Å². The molecule has 1 aliphatic rings. The van der Waals surface area contributed by atoms with Gasteiger partial charge in [-0.1, -0.05) is 37.6 Å². The maximum atomic E-state index is 13.6. The van der Waals surface area contributed by atoms with Crippen molar-refractivity contribution < 1.29 is 13.9 Å². The van der Waals surface area contributed by atoms with Crippen molar-refractivity contribution in [3.8, 4) is 22.9 Å². The van der Waals surface area contributed by atoms with Crippen LogP contribution in [0.2, 0.25) is 0 Å². The summed E-state index contributed by atoms with van der Waals surface area (Å²) < 4.78 is 27.0. The van der Waals surface area contributed by atoms with Crippen molar-refractivity contribution in [2.24, 2.45) is 0 Å². The molecule has 0 aliphatic carbocycles. The van der Waals surface area contributed by atoms with Gasteiger partial charge in [0.2, 0.25) is 6.79 Å². The fraction of sp³-hybridized carbons (Fsp3) is 0.300. The van der Waals surface area contributed by atoms with E-state index in [4.69, 9.17) is 14.5 Å². The molecular weight excluding hydrogens is 485 g/mol. The van der Waals surface area contributed by atoms with Crippen molar-refractivity contribution in [2.45, 2.75) is 50.8 Å². The second kappa shape index (κ2) is 11.8.